The number of anilines is 1. The second-order valence-electron chi connectivity index (χ2n) is 5.69. The Bertz CT molecular complexity index is 811. The number of ether oxygens (including phenoxy) is 1. The van der Waals surface area contributed by atoms with E-state index in [0.717, 1.165) is 5.56 Å². The molecule has 6 heteroatoms. The number of carbonyl (C=O) groups excluding carboxylic acids is 3. The SMILES string of the molecule is CC(=O)Nc1ccc(C(=O)C(C)OC(=O)c2cc(C)ccc2O)cc1. The molecule has 0 aliphatic rings. The molecule has 2 rings (SSSR count). The molecule has 130 valence electrons. The van der Waals surface area contributed by atoms with Gasteiger partial charge in [-0.2, -0.15) is 0 Å². The number of nitrogens with one attached hydrogen (secondary N) is 1. The predicted molar refractivity (Wildman–Crippen MR) is 92.8 cm³/mol. The first-order valence-corrected chi connectivity index (χ1v) is 7.70. The second-order valence-corrected chi connectivity index (χ2v) is 5.69. The van der Waals surface area contributed by atoms with Gasteiger partial charge in [0.15, 0.2) is 6.10 Å². The minimum absolute atomic E-state index is 0.0145. The maximum absolute atomic E-state index is 12.4. The van der Waals surface area contributed by atoms with E-state index in [1.165, 1.54) is 26.0 Å². The number of ketones is 1. The molecule has 6 nitrogen and oxygen atoms in total. The number of Topliss-reactive ketones (excluding diaryl/α,β-unsaturated/α-hetero) is 1. The fourth-order valence-electron chi connectivity index (χ4n) is 2.25. The lowest BCUT2D eigenvalue weighted by Gasteiger charge is -2.13. The van der Waals surface area contributed by atoms with Gasteiger partial charge in [-0.25, -0.2) is 4.79 Å². The van der Waals surface area contributed by atoms with Gasteiger partial charge >= 0.3 is 5.97 Å². The number of hydrogen-bond donors (Lipinski definition) is 2. The number of rotatable bonds is 5. The van der Waals surface area contributed by atoms with E-state index in [0.29, 0.717) is 11.3 Å². The van der Waals surface area contributed by atoms with Gasteiger partial charge in [0, 0.05) is 18.2 Å². The van der Waals surface area contributed by atoms with Crippen LogP contribution in [0.15, 0.2) is 42.5 Å². The molecule has 0 spiro atoms. The molecule has 1 atom stereocenters. The van der Waals surface area contributed by atoms with Crippen molar-refractivity contribution >= 4 is 23.3 Å². The molecule has 1 amide bonds. The van der Waals surface area contributed by atoms with Crippen LogP contribution in [0.2, 0.25) is 0 Å². The Kier molecular flexibility index (Phi) is 5.54. The third-order valence-corrected chi connectivity index (χ3v) is 3.51. The van der Waals surface area contributed by atoms with Crippen LogP contribution in [0.3, 0.4) is 0 Å². The highest BCUT2D eigenvalue weighted by molar-refractivity contribution is 6.02. The molecular weight excluding hydrogens is 322 g/mol. The number of benzene rings is 2. The number of amides is 1. The number of esters is 1. The molecule has 2 aromatic carbocycles. The van der Waals surface area contributed by atoms with Gasteiger partial charge in [-0.1, -0.05) is 11.6 Å². The molecule has 25 heavy (non-hydrogen) atoms. The third-order valence-electron chi connectivity index (χ3n) is 3.51. The minimum Gasteiger partial charge on any atom is -0.507 e. The first kappa shape index (κ1) is 18.2. The van der Waals surface area contributed by atoms with Crippen molar-refractivity contribution in [3.63, 3.8) is 0 Å². The topological polar surface area (TPSA) is 92.7 Å². The molecule has 0 heterocycles. The van der Waals surface area contributed by atoms with Crippen molar-refractivity contribution in [2.45, 2.75) is 26.9 Å². The normalized spacial score (nSPS) is 11.5. The lowest BCUT2D eigenvalue weighted by atomic mass is 10.1. The van der Waals surface area contributed by atoms with Gasteiger partial charge in [0.25, 0.3) is 0 Å². The minimum atomic E-state index is -1.01. The van der Waals surface area contributed by atoms with Crippen LogP contribution in [-0.2, 0) is 9.53 Å². The largest absolute Gasteiger partial charge is 0.507 e. The number of phenolic OH excluding ortho intramolecular Hbond substituents is 1. The first-order valence-electron chi connectivity index (χ1n) is 7.70. The van der Waals surface area contributed by atoms with Crippen LogP contribution >= 0.6 is 0 Å². The van der Waals surface area contributed by atoms with Crippen molar-refractivity contribution in [3.05, 3.63) is 59.2 Å². The van der Waals surface area contributed by atoms with Crippen LogP contribution in [0, 0.1) is 6.92 Å². The Morgan fingerprint density at radius 2 is 1.72 bits per heavy atom. The Balaban J connectivity index is 2.08. The molecule has 2 aromatic rings. The van der Waals surface area contributed by atoms with Crippen LogP contribution in [0.1, 0.15) is 40.1 Å². The predicted octanol–water partition coefficient (Wildman–Crippen LogP) is 3.09. The van der Waals surface area contributed by atoms with Gasteiger partial charge in [0.1, 0.15) is 11.3 Å². The maximum atomic E-state index is 12.4. The van der Waals surface area contributed by atoms with Crippen molar-refractivity contribution in [1.82, 2.24) is 0 Å². The standard InChI is InChI=1S/C19H19NO5/c1-11-4-9-17(22)16(10-11)19(24)25-12(2)18(23)14-5-7-15(8-6-14)20-13(3)21/h4-10,12,22H,1-3H3,(H,20,21). The van der Waals surface area contributed by atoms with Crippen LogP contribution in [-0.4, -0.2) is 28.9 Å². The zero-order chi connectivity index (χ0) is 18.6. The van der Waals surface area contributed by atoms with E-state index >= 15 is 0 Å². The summed E-state index contributed by atoms with van der Waals surface area (Å²) in [5.41, 5.74) is 1.72. The summed E-state index contributed by atoms with van der Waals surface area (Å²) in [5.74, 6) is -1.55. The zero-order valence-electron chi connectivity index (χ0n) is 14.2. The smallest absolute Gasteiger partial charge is 0.342 e. The van der Waals surface area contributed by atoms with Crippen molar-refractivity contribution in [2.75, 3.05) is 5.32 Å². The van der Waals surface area contributed by atoms with E-state index in [4.69, 9.17) is 4.74 Å². The van der Waals surface area contributed by atoms with Crippen molar-refractivity contribution in [3.8, 4) is 5.75 Å². The van der Waals surface area contributed by atoms with Crippen LogP contribution in [0.5, 0.6) is 5.75 Å². The second kappa shape index (κ2) is 7.61. The summed E-state index contributed by atoms with van der Waals surface area (Å²) in [6, 6.07) is 10.8. The lowest BCUT2D eigenvalue weighted by molar-refractivity contribution is -0.114. The molecule has 0 aliphatic heterocycles. The summed E-state index contributed by atoms with van der Waals surface area (Å²) in [6.07, 6.45) is -1.01. The summed E-state index contributed by atoms with van der Waals surface area (Å²) in [5, 5.41) is 12.4. The molecule has 1 unspecified atom stereocenters. The average Bonchev–Trinajstić information content (AvgIpc) is 2.56. The molecule has 0 saturated heterocycles. The number of aryl methyl sites for hydroxylation is 1. The summed E-state index contributed by atoms with van der Waals surface area (Å²) >= 11 is 0. The molecule has 0 radical (unpaired) electrons. The van der Waals surface area contributed by atoms with E-state index in [9.17, 15) is 19.5 Å². The van der Waals surface area contributed by atoms with Crippen molar-refractivity contribution in [2.24, 2.45) is 0 Å². The van der Waals surface area contributed by atoms with Crippen LogP contribution in [0.4, 0.5) is 5.69 Å². The summed E-state index contributed by atoms with van der Waals surface area (Å²) < 4.78 is 5.17. The molecule has 2 N–H and O–H groups in total. The van der Waals surface area contributed by atoms with E-state index < -0.39 is 12.1 Å². The highest BCUT2D eigenvalue weighted by Crippen LogP contribution is 2.20. The van der Waals surface area contributed by atoms with Gasteiger partial charge in [-0.05, 0) is 50.2 Å². The van der Waals surface area contributed by atoms with Crippen molar-refractivity contribution < 1.29 is 24.2 Å². The van der Waals surface area contributed by atoms with E-state index in [2.05, 4.69) is 5.32 Å². The molecule has 0 fully saturated rings. The highest BCUT2D eigenvalue weighted by Gasteiger charge is 2.22. The highest BCUT2D eigenvalue weighted by atomic mass is 16.5. The number of aromatic hydroxyl groups is 1. The molecule has 0 bridgehead atoms. The Hall–Kier alpha value is -3.15. The first-order chi connectivity index (χ1) is 11.8. The molecule has 0 saturated carbocycles. The van der Waals surface area contributed by atoms with Gasteiger partial charge in [0.2, 0.25) is 11.7 Å². The monoisotopic (exact) mass is 341 g/mol. The maximum Gasteiger partial charge on any atom is 0.342 e. The third kappa shape index (κ3) is 4.67. The van der Waals surface area contributed by atoms with Gasteiger partial charge in [-0.3, -0.25) is 9.59 Å². The van der Waals surface area contributed by atoms with E-state index in [-0.39, 0.29) is 23.0 Å². The van der Waals surface area contributed by atoms with E-state index in [1.54, 1.807) is 37.3 Å². The number of carbonyl (C=O) groups is 3. The number of hydrogen-bond acceptors (Lipinski definition) is 5. The Morgan fingerprint density at radius 3 is 2.32 bits per heavy atom. The van der Waals surface area contributed by atoms with Gasteiger partial charge in [-0.15, -0.1) is 0 Å². The molecule has 0 aliphatic carbocycles. The van der Waals surface area contributed by atoms with Crippen molar-refractivity contribution in [1.29, 1.82) is 0 Å². The van der Waals surface area contributed by atoms with Gasteiger partial charge < -0.3 is 15.2 Å². The summed E-state index contributed by atoms with van der Waals surface area (Å²) in [7, 11) is 0. The van der Waals surface area contributed by atoms with Gasteiger partial charge in [0.05, 0.1) is 0 Å². The Labute approximate surface area is 145 Å². The zero-order valence-corrected chi connectivity index (χ0v) is 14.2. The lowest BCUT2D eigenvalue weighted by Crippen LogP contribution is -2.24. The Morgan fingerprint density at radius 1 is 1.08 bits per heavy atom. The average molecular weight is 341 g/mol. The quantitative estimate of drug-likeness (QED) is 0.644. The fraction of sp³-hybridized carbons (Fsp3) is 0.211. The van der Waals surface area contributed by atoms with Crippen LogP contribution < -0.4 is 5.32 Å². The van der Waals surface area contributed by atoms with E-state index in [1.807, 2.05) is 0 Å². The fourth-order valence-corrected chi connectivity index (χ4v) is 2.25. The summed E-state index contributed by atoms with van der Waals surface area (Å²) in [4.78, 5) is 35.5. The van der Waals surface area contributed by atoms with Crippen LogP contribution in [0.25, 0.3) is 0 Å². The molecular formula is C19H19NO5. The molecule has 0 aromatic heterocycles. The summed E-state index contributed by atoms with van der Waals surface area (Å²) in [6.45, 7) is 4.64. The number of phenols is 1.